The van der Waals surface area contributed by atoms with Crippen molar-refractivity contribution in [1.82, 2.24) is 15.1 Å². The first-order valence-corrected chi connectivity index (χ1v) is 8.35. The zero-order valence-corrected chi connectivity index (χ0v) is 13.2. The topological polar surface area (TPSA) is 29.9 Å². The summed E-state index contributed by atoms with van der Waals surface area (Å²) in [4.78, 5) is 3.15. The highest BCUT2D eigenvalue weighted by Crippen LogP contribution is 2.34. The van der Waals surface area contributed by atoms with E-state index >= 15 is 0 Å². The number of hydrogen-bond donors (Lipinski definition) is 1. The molecule has 108 valence electrons. The monoisotopic (exact) mass is 289 g/mol. The summed E-state index contributed by atoms with van der Waals surface area (Å²) in [6.07, 6.45) is 9.39. The van der Waals surface area contributed by atoms with Gasteiger partial charge in [0.2, 0.25) is 0 Å². The van der Waals surface area contributed by atoms with Crippen molar-refractivity contribution in [3.63, 3.8) is 0 Å². The largest absolute Gasteiger partial charge is 0.312 e. The van der Waals surface area contributed by atoms with Crippen LogP contribution in [0, 0.1) is 0 Å². The highest BCUT2D eigenvalue weighted by Gasteiger charge is 2.18. The predicted octanol–water partition coefficient (Wildman–Crippen LogP) is 3.25. The molecule has 20 heavy (non-hydrogen) atoms. The van der Waals surface area contributed by atoms with Gasteiger partial charge in [-0.05, 0) is 63.3 Å². The van der Waals surface area contributed by atoms with Gasteiger partial charge in [0.25, 0.3) is 0 Å². The van der Waals surface area contributed by atoms with Crippen molar-refractivity contribution in [3.05, 3.63) is 39.3 Å². The lowest BCUT2D eigenvalue weighted by Gasteiger charge is -2.14. The van der Waals surface area contributed by atoms with E-state index in [4.69, 9.17) is 0 Å². The van der Waals surface area contributed by atoms with Crippen molar-refractivity contribution < 1.29 is 0 Å². The SMILES string of the molecule is CNC(CCc1ccnn1C)c1cc2c(s1)CCCC2. The van der Waals surface area contributed by atoms with E-state index < -0.39 is 0 Å². The third-order valence-corrected chi connectivity index (χ3v) is 5.67. The van der Waals surface area contributed by atoms with Crippen LogP contribution in [-0.4, -0.2) is 16.8 Å². The second-order valence-corrected chi connectivity index (χ2v) is 6.80. The van der Waals surface area contributed by atoms with E-state index in [0.717, 1.165) is 12.8 Å². The summed E-state index contributed by atoms with van der Waals surface area (Å²) < 4.78 is 1.98. The summed E-state index contributed by atoms with van der Waals surface area (Å²) in [5.74, 6) is 0. The van der Waals surface area contributed by atoms with Gasteiger partial charge >= 0.3 is 0 Å². The summed E-state index contributed by atoms with van der Waals surface area (Å²) >= 11 is 2.02. The fraction of sp³-hybridized carbons (Fsp3) is 0.562. The Balaban J connectivity index is 1.70. The molecule has 0 bridgehead atoms. The minimum Gasteiger partial charge on any atom is -0.312 e. The molecule has 0 radical (unpaired) electrons. The molecule has 0 aliphatic heterocycles. The number of aryl methyl sites for hydroxylation is 4. The van der Waals surface area contributed by atoms with Crippen LogP contribution in [0.2, 0.25) is 0 Å². The van der Waals surface area contributed by atoms with E-state index in [0.29, 0.717) is 6.04 Å². The van der Waals surface area contributed by atoms with Gasteiger partial charge in [-0.3, -0.25) is 4.68 Å². The van der Waals surface area contributed by atoms with E-state index in [1.807, 2.05) is 29.3 Å². The molecule has 0 saturated heterocycles. The van der Waals surface area contributed by atoms with Gasteiger partial charge in [0.15, 0.2) is 0 Å². The lowest BCUT2D eigenvalue weighted by atomic mass is 9.98. The van der Waals surface area contributed by atoms with Gasteiger partial charge in [-0.1, -0.05) is 0 Å². The van der Waals surface area contributed by atoms with Crippen LogP contribution in [0.4, 0.5) is 0 Å². The number of fused-ring (bicyclic) bond motifs is 1. The third kappa shape index (κ3) is 2.81. The van der Waals surface area contributed by atoms with E-state index in [1.54, 1.807) is 10.4 Å². The number of rotatable bonds is 5. The van der Waals surface area contributed by atoms with Crippen LogP contribution in [0.3, 0.4) is 0 Å². The van der Waals surface area contributed by atoms with Crippen molar-refractivity contribution in [3.8, 4) is 0 Å². The Morgan fingerprint density at radius 2 is 2.25 bits per heavy atom. The van der Waals surface area contributed by atoms with E-state index in [9.17, 15) is 0 Å². The molecule has 0 amide bonds. The van der Waals surface area contributed by atoms with Crippen LogP contribution in [0.1, 0.15) is 46.3 Å². The number of hydrogen-bond acceptors (Lipinski definition) is 3. The molecule has 3 rings (SSSR count). The number of nitrogens with one attached hydrogen (secondary N) is 1. The molecular formula is C16H23N3S. The molecule has 2 aromatic heterocycles. The molecule has 1 unspecified atom stereocenters. The van der Waals surface area contributed by atoms with Crippen molar-refractivity contribution >= 4 is 11.3 Å². The molecule has 0 fully saturated rings. The van der Waals surface area contributed by atoms with Crippen molar-refractivity contribution in [2.75, 3.05) is 7.05 Å². The van der Waals surface area contributed by atoms with Crippen molar-refractivity contribution in [2.45, 2.75) is 44.6 Å². The molecule has 0 aromatic carbocycles. The molecular weight excluding hydrogens is 266 g/mol. The quantitative estimate of drug-likeness (QED) is 0.915. The van der Waals surface area contributed by atoms with E-state index in [-0.39, 0.29) is 0 Å². The summed E-state index contributed by atoms with van der Waals surface area (Å²) in [5.41, 5.74) is 2.92. The highest BCUT2D eigenvalue weighted by atomic mass is 32.1. The molecule has 2 aromatic rings. The fourth-order valence-electron chi connectivity index (χ4n) is 3.05. The van der Waals surface area contributed by atoms with Gasteiger partial charge in [-0.2, -0.15) is 5.10 Å². The second-order valence-electron chi connectivity index (χ2n) is 5.63. The molecule has 1 N–H and O–H groups in total. The maximum Gasteiger partial charge on any atom is 0.0492 e. The van der Waals surface area contributed by atoms with E-state index in [2.05, 4.69) is 29.6 Å². The molecule has 1 atom stereocenters. The summed E-state index contributed by atoms with van der Waals surface area (Å²) in [6.45, 7) is 0. The smallest absolute Gasteiger partial charge is 0.0492 e. The summed E-state index contributed by atoms with van der Waals surface area (Å²) in [7, 11) is 4.10. The molecule has 3 nitrogen and oxygen atoms in total. The zero-order chi connectivity index (χ0) is 13.9. The normalized spacial score (nSPS) is 16.1. The average molecular weight is 289 g/mol. The Morgan fingerprint density at radius 1 is 1.40 bits per heavy atom. The molecule has 1 aliphatic carbocycles. The van der Waals surface area contributed by atoms with Crippen LogP contribution < -0.4 is 5.32 Å². The van der Waals surface area contributed by atoms with Crippen LogP contribution in [0.25, 0.3) is 0 Å². The number of aromatic nitrogens is 2. The third-order valence-electron chi connectivity index (χ3n) is 4.32. The highest BCUT2D eigenvalue weighted by molar-refractivity contribution is 7.12. The van der Waals surface area contributed by atoms with Crippen LogP contribution >= 0.6 is 11.3 Å². The molecule has 1 aliphatic rings. The minimum atomic E-state index is 0.473. The Labute approximate surface area is 125 Å². The Bertz CT molecular complexity index is 547. The van der Waals surface area contributed by atoms with Crippen LogP contribution in [0.5, 0.6) is 0 Å². The standard InChI is InChI=1S/C16H23N3S/c1-17-14(8-7-13-9-10-18-19(13)2)16-11-12-5-3-4-6-15(12)20-16/h9-11,14,17H,3-8H2,1-2H3. The zero-order valence-electron chi connectivity index (χ0n) is 12.4. The van der Waals surface area contributed by atoms with Gasteiger partial charge in [-0.25, -0.2) is 0 Å². The summed E-state index contributed by atoms with van der Waals surface area (Å²) in [5, 5.41) is 7.74. The average Bonchev–Trinajstić information content (AvgIpc) is 3.06. The predicted molar refractivity (Wildman–Crippen MR) is 84.3 cm³/mol. The van der Waals surface area contributed by atoms with Gasteiger partial charge in [-0.15, -0.1) is 11.3 Å². The van der Waals surface area contributed by atoms with Gasteiger partial charge < -0.3 is 5.32 Å². The summed E-state index contributed by atoms with van der Waals surface area (Å²) in [6, 6.07) is 5.04. The van der Waals surface area contributed by atoms with E-state index in [1.165, 1.54) is 36.3 Å². The van der Waals surface area contributed by atoms with Gasteiger partial charge in [0.1, 0.15) is 0 Å². The van der Waals surface area contributed by atoms with Crippen molar-refractivity contribution in [2.24, 2.45) is 7.05 Å². The van der Waals surface area contributed by atoms with Crippen LogP contribution in [-0.2, 0) is 26.3 Å². The number of thiophene rings is 1. The second kappa shape index (κ2) is 6.10. The van der Waals surface area contributed by atoms with Gasteiger partial charge in [0, 0.05) is 34.7 Å². The Morgan fingerprint density at radius 3 is 2.95 bits per heavy atom. The minimum absolute atomic E-state index is 0.473. The lowest BCUT2D eigenvalue weighted by Crippen LogP contribution is -2.16. The maximum absolute atomic E-state index is 4.25. The maximum atomic E-state index is 4.25. The Hall–Kier alpha value is -1.13. The Kier molecular flexibility index (Phi) is 4.22. The number of nitrogens with zero attached hydrogens (tertiary/aromatic N) is 2. The van der Waals surface area contributed by atoms with Crippen molar-refractivity contribution in [1.29, 1.82) is 0 Å². The van der Waals surface area contributed by atoms with Gasteiger partial charge in [0.05, 0.1) is 0 Å². The first-order chi connectivity index (χ1) is 9.78. The first-order valence-electron chi connectivity index (χ1n) is 7.53. The first kappa shape index (κ1) is 13.8. The van der Waals surface area contributed by atoms with Crippen LogP contribution in [0.15, 0.2) is 18.3 Å². The lowest BCUT2D eigenvalue weighted by molar-refractivity contribution is 0.543. The molecule has 4 heteroatoms. The fourth-order valence-corrected chi connectivity index (χ4v) is 4.46. The molecule has 0 saturated carbocycles. The molecule has 0 spiro atoms. The molecule has 2 heterocycles.